The van der Waals surface area contributed by atoms with E-state index in [-0.39, 0.29) is 5.97 Å². The van der Waals surface area contributed by atoms with Crippen molar-refractivity contribution in [2.75, 3.05) is 0 Å². The van der Waals surface area contributed by atoms with Crippen LogP contribution in [0.1, 0.15) is 71.1 Å². The maximum atomic E-state index is 11.6. The number of hydrogen-bond donors (Lipinski definition) is 0. The van der Waals surface area contributed by atoms with Gasteiger partial charge in [-0.25, -0.2) is 0 Å². The van der Waals surface area contributed by atoms with Crippen LogP contribution in [0.3, 0.4) is 0 Å². The molecule has 0 N–H and O–H groups in total. The molecule has 0 fully saturated rings. The topological polar surface area (TPSA) is 26.3 Å². The van der Waals surface area contributed by atoms with Gasteiger partial charge < -0.3 is 4.43 Å². The summed E-state index contributed by atoms with van der Waals surface area (Å²) in [4.78, 5) is 11.6. The molecule has 138 valence electrons. The molecule has 0 saturated heterocycles. The maximum Gasteiger partial charge on any atom is 0.292 e. The van der Waals surface area contributed by atoms with Crippen molar-refractivity contribution in [3.05, 3.63) is 36.5 Å². The summed E-state index contributed by atoms with van der Waals surface area (Å²) in [5, 5.41) is 0. The van der Waals surface area contributed by atoms with Crippen molar-refractivity contribution in [2.45, 2.75) is 90.8 Å². The molecule has 0 aliphatic heterocycles. The Morgan fingerprint density at radius 1 is 0.792 bits per heavy atom. The smallest absolute Gasteiger partial charge is 0.292 e. The lowest BCUT2D eigenvalue weighted by molar-refractivity contribution is -0.135. The quantitative estimate of drug-likeness (QED) is 0.192. The minimum absolute atomic E-state index is 0.00432. The van der Waals surface area contributed by atoms with Gasteiger partial charge in [0.15, 0.2) is 0 Å². The predicted molar refractivity (Wildman–Crippen MR) is 109 cm³/mol. The molecule has 0 aromatic heterocycles. The molecule has 0 saturated carbocycles. The summed E-state index contributed by atoms with van der Waals surface area (Å²) in [6.45, 7) is 8.32. The van der Waals surface area contributed by atoms with Gasteiger partial charge in [0.05, 0.1) is 0 Å². The van der Waals surface area contributed by atoms with Crippen molar-refractivity contribution in [3.63, 3.8) is 0 Å². The van der Waals surface area contributed by atoms with Gasteiger partial charge in [0.25, 0.3) is 5.97 Å². The van der Waals surface area contributed by atoms with E-state index in [0.717, 1.165) is 32.1 Å². The first-order chi connectivity index (χ1) is 11.5. The summed E-state index contributed by atoms with van der Waals surface area (Å²) < 4.78 is 5.44. The van der Waals surface area contributed by atoms with Gasteiger partial charge in [0.2, 0.25) is 8.32 Å². The second-order valence-electron chi connectivity index (χ2n) is 7.19. The third-order valence-corrected chi connectivity index (χ3v) is 4.29. The Morgan fingerprint density at radius 3 is 1.96 bits per heavy atom. The van der Waals surface area contributed by atoms with Gasteiger partial charge in [-0.15, -0.1) is 0 Å². The summed E-state index contributed by atoms with van der Waals surface area (Å²) in [7, 11) is -1.69. The Bertz CT molecular complexity index is 389. The molecule has 24 heavy (non-hydrogen) atoms. The van der Waals surface area contributed by atoms with E-state index in [1.54, 1.807) is 0 Å². The van der Waals surface area contributed by atoms with Crippen molar-refractivity contribution in [1.82, 2.24) is 0 Å². The lowest BCUT2D eigenvalue weighted by Gasteiger charge is -2.17. The van der Waals surface area contributed by atoms with Crippen LogP contribution in [-0.4, -0.2) is 14.3 Å². The van der Waals surface area contributed by atoms with E-state index in [2.05, 4.69) is 63.0 Å². The van der Waals surface area contributed by atoms with E-state index < -0.39 is 8.32 Å². The first-order valence-electron chi connectivity index (χ1n) is 9.62. The minimum Gasteiger partial charge on any atom is -0.520 e. The molecule has 0 aromatic carbocycles. The van der Waals surface area contributed by atoms with Crippen LogP contribution in [0, 0.1) is 0 Å². The normalized spacial score (nSPS) is 12.7. The molecule has 0 amide bonds. The molecule has 0 spiro atoms. The van der Waals surface area contributed by atoms with Gasteiger partial charge in [0.1, 0.15) is 0 Å². The second kappa shape index (κ2) is 15.4. The SMILES string of the molecule is CC/C=C\C/C=C\C/C=C\CCCCCCCC(=O)O[Si](C)(C)C. The molecule has 3 heteroatoms. The molecule has 0 unspecified atom stereocenters. The van der Waals surface area contributed by atoms with Crippen LogP contribution in [0.4, 0.5) is 0 Å². The highest BCUT2D eigenvalue weighted by Crippen LogP contribution is 2.10. The lowest BCUT2D eigenvalue weighted by Crippen LogP contribution is -2.28. The minimum atomic E-state index is -1.69. The fourth-order valence-electron chi connectivity index (χ4n) is 2.28. The lowest BCUT2D eigenvalue weighted by atomic mass is 10.1. The van der Waals surface area contributed by atoms with Gasteiger partial charge in [0, 0.05) is 6.42 Å². The Kier molecular flexibility index (Phi) is 14.7. The van der Waals surface area contributed by atoms with Crippen molar-refractivity contribution in [1.29, 1.82) is 0 Å². The predicted octanol–water partition coefficient (Wildman–Crippen LogP) is 6.95. The van der Waals surface area contributed by atoms with Crippen molar-refractivity contribution in [2.24, 2.45) is 0 Å². The van der Waals surface area contributed by atoms with Crippen molar-refractivity contribution in [3.8, 4) is 0 Å². The van der Waals surface area contributed by atoms with E-state index in [1.165, 1.54) is 25.7 Å². The third-order valence-electron chi connectivity index (χ3n) is 3.45. The average molecular weight is 351 g/mol. The molecule has 0 aliphatic rings. The molecule has 0 rings (SSSR count). The van der Waals surface area contributed by atoms with Crippen LogP contribution in [0.15, 0.2) is 36.5 Å². The number of rotatable bonds is 14. The summed E-state index contributed by atoms with van der Waals surface area (Å²) in [6, 6.07) is 0. The summed E-state index contributed by atoms with van der Waals surface area (Å²) in [6.07, 6.45) is 24.2. The maximum absolute atomic E-state index is 11.6. The molecule has 0 aliphatic carbocycles. The van der Waals surface area contributed by atoms with E-state index >= 15 is 0 Å². The summed E-state index contributed by atoms with van der Waals surface area (Å²) >= 11 is 0. The zero-order valence-corrected chi connectivity index (χ0v) is 17.4. The van der Waals surface area contributed by atoms with Crippen LogP contribution in [0.5, 0.6) is 0 Å². The molecule has 0 heterocycles. The van der Waals surface area contributed by atoms with Gasteiger partial charge in [-0.3, -0.25) is 4.79 Å². The molecular weight excluding hydrogens is 312 g/mol. The van der Waals surface area contributed by atoms with Crippen LogP contribution < -0.4 is 0 Å². The van der Waals surface area contributed by atoms with Gasteiger partial charge in [-0.2, -0.15) is 0 Å². The molecule has 0 atom stereocenters. The highest BCUT2D eigenvalue weighted by atomic mass is 28.4. The first-order valence-corrected chi connectivity index (χ1v) is 13.0. The Balaban J connectivity index is 3.37. The first kappa shape index (κ1) is 22.9. The largest absolute Gasteiger partial charge is 0.520 e. The highest BCUT2D eigenvalue weighted by molar-refractivity contribution is 6.71. The van der Waals surface area contributed by atoms with E-state index in [1.807, 2.05) is 0 Å². The zero-order valence-electron chi connectivity index (χ0n) is 16.4. The number of unbranched alkanes of at least 4 members (excludes halogenated alkanes) is 5. The van der Waals surface area contributed by atoms with Gasteiger partial charge in [-0.1, -0.05) is 62.6 Å². The fraction of sp³-hybridized carbons (Fsp3) is 0.667. The zero-order chi connectivity index (χ0) is 18.1. The second-order valence-corrected chi connectivity index (χ2v) is 11.6. The standard InChI is InChI=1S/C21H38O2Si/c1-5-6-7-8-9-10-11-12-13-14-15-16-17-18-19-20-21(22)23-24(2,3)4/h6-7,9-10,12-13H,5,8,11,14-20H2,1-4H3/b7-6-,10-9-,13-12-. The van der Waals surface area contributed by atoms with Crippen molar-refractivity contribution < 1.29 is 9.22 Å². The van der Waals surface area contributed by atoms with Crippen LogP contribution >= 0.6 is 0 Å². The van der Waals surface area contributed by atoms with E-state index in [9.17, 15) is 4.79 Å². The fourth-order valence-corrected chi connectivity index (χ4v) is 3.07. The highest BCUT2D eigenvalue weighted by Gasteiger charge is 2.19. The number of hydrogen-bond acceptors (Lipinski definition) is 2. The Morgan fingerprint density at radius 2 is 1.33 bits per heavy atom. The molecular formula is C21H38O2Si. The van der Waals surface area contributed by atoms with E-state index in [0.29, 0.717) is 6.42 Å². The van der Waals surface area contributed by atoms with Crippen LogP contribution in [0.2, 0.25) is 19.6 Å². The monoisotopic (exact) mass is 350 g/mol. The molecule has 0 bridgehead atoms. The Labute approximate surface area is 151 Å². The molecule has 0 aromatic rings. The van der Waals surface area contributed by atoms with Gasteiger partial charge >= 0.3 is 0 Å². The molecule has 2 nitrogen and oxygen atoms in total. The summed E-state index contributed by atoms with van der Waals surface area (Å²) in [5.41, 5.74) is 0. The number of allylic oxidation sites excluding steroid dienone is 6. The number of carbonyl (C=O) groups is 1. The van der Waals surface area contributed by atoms with Crippen molar-refractivity contribution >= 4 is 14.3 Å². The Hall–Kier alpha value is -1.09. The van der Waals surface area contributed by atoms with Crippen LogP contribution in [-0.2, 0) is 9.22 Å². The van der Waals surface area contributed by atoms with Crippen LogP contribution in [0.25, 0.3) is 0 Å². The average Bonchev–Trinajstić information content (AvgIpc) is 2.49. The summed E-state index contributed by atoms with van der Waals surface area (Å²) in [5.74, 6) is -0.00432. The third kappa shape index (κ3) is 19.0. The van der Waals surface area contributed by atoms with Gasteiger partial charge in [-0.05, 0) is 58.2 Å². The molecule has 0 radical (unpaired) electrons. The number of carbonyl (C=O) groups excluding carboxylic acids is 1. The van der Waals surface area contributed by atoms with E-state index in [4.69, 9.17) is 4.43 Å².